The number of H-pyrrole nitrogens is 1. The Morgan fingerprint density at radius 1 is 1.13 bits per heavy atom. The molecule has 150 valence electrons. The fourth-order valence-corrected chi connectivity index (χ4v) is 5.06. The van der Waals surface area contributed by atoms with Crippen LogP contribution >= 0.6 is 11.3 Å². The van der Waals surface area contributed by atoms with Gasteiger partial charge in [-0.2, -0.15) is 0 Å². The monoisotopic (exact) mass is 418 g/mol. The highest BCUT2D eigenvalue weighted by Crippen LogP contribution is 2.40. The van der Waals surface area contributed by atoms with Crippen LogP contribution in [0, 0.1) is 5.82 Å². The molecule has 6 heteroatoms. The van der Waals surface area contributed by atoms with Gasteiger partial charge in [-0.3, -0.25) is 9.59 Å². The Balaban J connectivity index is 1.66. The third-order valence-corrected chi connectivity index (χ3v) is 6.72. The Kier molecular flexibility index (Phi) is 4.51. The number of fused-ring (bicyclic) bond motifs is 3. The summed E-state index contributed by atoms with van der Waals surface area (Å²) in [4.78, 5) is 30.8. The Bertz CT molecular complexity index is 1290. The van der Waals surface area contributed by atoms with Gasteiger partial charge in [0.15, 0.2) is 5.78 Å². The van der Waals surface area contributed by atoms with E-state index in [0.29, 0.717) is 29.0 Å². The summed E-state index contributed by atoms with van der Waals surface area (Å²) in [6.45, 7) is 1.96. The van der Waals surface area contributed by atoms with Gasteiger partial charge in [0.05, 0.1) is 10.4 Å². The summed E-state index contributed by atoms with van der Waals surface area (Å²) < 4.78 is 14.9. The number of rotatable bonds is 3. The van der Waals surface area contributed by atoms with Gasteiger partial charge in [0.25, 0.3) is 5.91 Å². The van der Waals surface area contributed by atoms with Gasteiger partial charge in [-0.25, -0.2) is 4.39 Å². The van der Waals surface area contributed by atoms with E-state index in [4.69, 9.17) is 0 Å². The van der Waals surface area contributed by atoms with Crippen LogP contribution in [0.15, 0.2) is 60.0 Å². The van der Waals surface area contributed by atoms with Crippen LogP contribution in [-0.2, 0) is 6.42 Å². The van der Waals surface area contributed by atoms with Crippen molar-refractivity contribution in [2.75, 3.05) is 6.54 Å². The van der Waals surface area contributed by atoms with Crippen molar-refractivity contribution in [2.45, 2.75) is 19.4 Å². The van der Waals surface area contributed by atoms with E-state index >= 15 is 0 Å². The number of carbonyl (C=O) groups is 2. The maximum Gasteiger partial charge on any atom is 0.255 e. The predicted octanol–water partition coefficient (Wildman–Crippen LogP) is 5.36. The summed E-state index contributed by atoms with van der Waals surface area (Å²) in [5.74, 6) is -0.612. The van der Waals surface area contributed by atoms with Gasteiger partial charge in [0.1, 0.15) is 11.9 Å². The van der Waals surface area contributed by atoms with Gasteiger partial charge in [-0.1, -0.05) is 36.4 Å². The minimum Gasteiger partial charge on any atom is -0.356 e. The number of thiophene rings is 1. The summed E-state index contributed by atoms with van der Waals surface area (Å²) in [6.07, 6.45) is 0.680. The fourth-order valence-electron chi connectivity index (χ4n) is 4.28. The van der Waals surface area contributed by atoms with E-state index in [9.17, 15) is 14.0 Å². The number of hydrogen-bond acceptors (Lipinski definition) is 3. The SMILES string of the molecule is CC(=O)c1cc(C(=O)N2CCc3c([nH]c4ccccc34)[C@@H]2c2ccccc2F)cs1. The quantitative estimate of drug-likeness (QED) is 0.456. The molecular weight excluding hydrogens is 399 g/mol. The maximum absolute atomic E-state index is 14.9. The Labute approximate surface area is 177 Å². The normalized spacial score (nSPS) is 15.9. The van der Waals surface area contributed by atoms with Crippen LogP contribution in [0.3, 0.4) is 0 Å². The number of hydrogen-bond donors (Lipinski definition) is 1. The highest BCUT2D eigenvalue weighted by molar-refractivity contribution is 7.12. The van der Waals surface area contributed by atoms with Crippen LogP contribution in [0.1, 0.15) is 49.8 Å². The minimum atomic E-state index is -0.560. The van der Waals surface area contributed by atoms with Gasteiger partial charge in [-0.15, -0.1) is 11.3 Å². The lowest BCUT2D eigenvalue weighted by atomic mass is 9.91. The molecule has 0 saturated heterocycles. The van der Waals surface area contributed by atoms with Crippen LogP contribution < -0.4 is 0 Å². The van der Waals surface area contributed by atoms with Crippen LogP contribution in [0.4, 0.5) is 4.39 Å². The minimum absolute atomic E-state index is 0.0683. The number of carbonyl (C=O) groups excluding carboxylic acids is 2. The molecule has 1 aliphatic rings. The molecule has 4 nitrogen and oxygen atoms in total. The average Bonchev–Trinajstić information content (AvgIpc) is 3.38. The van der Waals surface area contributed by atoms with E-state index < -0.39 is 6.04 Å². The van der Waals surface area contributed by atoms with E-state index in [1.807, 2.05) is 18.2 Å². The summed E-state index contributed by atoms with van der Waals surface area (Å²) in [5.41, 5.74) is 3.87. The first-order valence-electron chi connectivity index (χ1n) is 9.79. The van der Waals surface area contributed by atoms with Gasteiger partial charge in [0, 0.05) is 34.1 Å². The number of aromatic nitrogens is 1. The average molecular weight is 418 g/mol. The first kappa shape index (κ1) is 18.8. The zero-order chi connectivity index (χ0) is 20.8. The third-order valence-electron chi connectivity index (χ3n) is 5.69. The zero-order valence-corrected chi connectivity index (χ0v) is 17.1. The molecule has 0 aliphatic carbocycles. The predicted molar refractivity (Wildman–Crippen MR) is 116 cm³/mol. The second kappa shape index (κ2) is 7.22. The number of halogens is 1. The van der Waals surface area contributed by atoms with Crippen molar-refractivity contribution >= 4 is 33.9 Å². The molecule has 30 heavy (non-hydrogen) atoms. The molecule has 3 heterocycles. The lowest BCUT2D eigenvalue weighted by Gasteiger charge is -2.36. The second-order valence-corrected chi connectivity index (χ2v) is 8.40. The highest BCUT2D eigenvalue weighted by atomic mass is 32.1. The molecule has 0 saturated carbocycles. The summed E-state index contributed by atoms with van der Waals surface area (Å²) >= 11 is 1.26. The Morgan fingerprint density at radius 3 is 2.67 bits per heavy atom. The number of benzene rings is 2. The topological polar surface area (TPSA) is 53.2 Å². The Morgan fingerprint density at radius 2 is 1.90 bits per heavy atom. The van der Waals surface area contributed by atoms with Crippen molar-refractivity contribution in [3.05, 3.63) is 93.1 Å². The van der Waals surface area contributed by atoms with Crippen molar-refractivity contribution < 1.29 is 14.0 Å². The van der Waals surface area contributed by atoms with E-state index in [-0.39, 0.29) is 17.5 Å². The molecule has 0 radical (unpaired) electrons. The second-order valence-electron chi connectivity index (χ2n) is 7.49. The third kappa shape index (κ3) is 2.95. The van der Waals surface area contributed by atoms with Gasteiger partial charge in [0.2, 0.25) is 0 Å². The molecule has 4 aromatic rings. The molecule has 1 aliphatic heterocycles. The van der Waals surface area contributed by atoms with Crippen LogP contribution in [0.2, 0.25) is 0 Å². The molecule has 0 spiro atoms. The van der Waals surface area contributed by atoms with Gasteiger partial charge >= 0.3 is 0 Å². The van der Waals surface area contributed by atoms with Crippen molar-refractivity contribution in [3.8, 4) is 0 Å². The smallest absolute Gasteiger partial charge is 0.255 e. The lowest BCUT2D eigenvalue weighted by Crippen LogP contribution is -2.40. The highest BCUT2D eigenvalue weighted by Gasteiger charge is 2.36. The molecule has 5 rings (SSSR count). The summed E-state index contributed by atoms with van der Waals surface area (Å²) in [7, 11) is 0. The summed E-state index contributed by atoms with van der Waals surface area (Å²) in [6, 6.07) is 15.7. The molecule has 1 amide bonds. The van der Waals surface area contributed by atoms with E-state index in [0.717, 1.165) is 22.2 Å². The van der Waals surface area contributed by atoms with Crippen molar-refractivity contribution in [2.24, 2.45) is 0 Å². The number of aromatic amines is 1. The molecule has 0 bridgehead atoms. The Hall–Kier alpha value is -3.25. The van der Waals surface area contributed by atoms with E-state index in [1.54, 1.807) is 34.5 Å². The number of nitrogens with zero attached hydrogens (tertiary/aromatic N) is 1. The van der Waals surface area contributed by atoms with Gasteiger partial charge in [-0.05, 0) is 37.1 Å². The fraction of sp³-hybridized carbons (Fsp3) is 0.167. The van der Waals surface area contributed by atoms with E-state index in [2.05, 4.69) is 11.1 Å². The van der Waals surface area contributed by atoms with Crippen LogP contribution in [-0.4, -0.2) is 28.1 Å². The molecule has 1 N–H and O–H groups in total. The largest absolute Gasteiger partial charge is 0.356 e. The van der Waals surface area contributed by atoms with Crippen LogP contribution in [0.25, 0.3) is 10.9 Å². The maximum atomic E-state index is 14.9. The van der Waals surface area contributed by atoms with Crippen LogP contribution in [0.5, 0.6) is 0 Å². The molecule has 0 unspecified atom stereocenters. The lowest BCUT2D eigenvalue weighted by molar-refractivity contribution is 0.0690. The standard InChI is InChI=1S/C24H19FN2O2S/c1-14(28)21-12-15(13-30-21)24(29)27-11-10-17-16-6-3-5-9-20(16)26-22(17)23(27)18-7-2-4-8-19(18)25/h2-9,12-13,23,26H,10-11H2,1H3/t23-/m0/s1. The van der Waals surface area contributed by atoms with Crippen molar-refractivity contribution in [1.29, 1.82) is 0 Å². The zero-order valence-electron chi connectivity index (χ0n) is 16.3. The first-order chi connectivity index (χ1) is 14.5. The number of amides is 1. The van der Waals surface area contributed by atoms with E-state index in [1.165, 1.54) is 24.3 Å². The molecule has 0 fully saturated rings. The number of ketones is 1. The number of para-hydroxylation sites is 1. The molecule has 2 aromatic carbocycles. The molecular formula is C24H19FN2O2S. The number of Topliss-reactive ketones (excluding diaryl/α,β-unsaturated/α-hetero) is 1. The van der Waals surface area contributed by atoms with Crippen molar-refractivity contribution in [1.82, 2.24) is 9.88 Å². The molecule has 2 aromatic heterocycles. The summed E-state index contributed by atoms with van der Waals surface area (Å²) in [5, 5.41) is 2.81. The van der Waals surface area contributed by atoms with Crippen molar-refractivity contribution in [3.63, 3.8) is 0 Å². The van der Waals surface area contributed by atoms with Gasteiger partial charge < -0.3 is 9.88 Å². The first-order valence-corrected chi connectivity index (χ1v) is 10.7. The molecule has 1 atom stereocenters. The number of nitrogens with one attached hydrogen (secondary N) is 1.